The third-order valence-electron chi connectivity index (χ3n) is 4.14. The van der Waals surface area contributed by atoms with Crippen LogP contribution in [0.4, 0.5) is 0 Å². The Labute approximate surface area is 129 Å². The molecule has 0 bridgehead atoms. The number of allylic oxidation sites excluding steroid dienone is 1. The fraction of sp³-hybridized carbons (Fsp3) is 0.895. The van der Waals surface area contributed by atoms with E-state index in [1.807, 2.05) is 0 Å². The number of unbranched alkanes of at least 4 members (excludes halogenated alkanes) is 11. The predicted molar refractivity (Wildman–Crippen MR) is 92.9 cm³/mol. The van der Waals surface area contributed by atoms with E-state index in [1.54, 1.807) is 0 Å². The number of hydrogen-bond acceptors (Lipinski definition) is 0. The van der Waals surface area contributed by atoms with Gasteiger partial charge in [0.1, 0.15) is 0 Å². The first-order valence-electron chi connectivity index (χ1n) is 9.09. The SMILES string of the molecule is CC=C[N+](C)(C)CCCCCCCCCCCCCC. The molecule has 0 saturated heterocycles. The van der Waals surface area contributed by atoms with Crippen molar-refractivity contribution in [1.29, 1.82) is 0 Å². The van der Waals surface area contributed by atoms with E-state index in [1.165, 1.54) is 83.6 Å². The molecule has 0 atom stereocenters. The average Bonchev–Trinajstić information content (AvgIpc) is 2.40. The second-order valence-electron chi connectivity index (χ2n) is 6.87. The van der Waals surface area contributed by atoms with E-state index in [4.69, 9.17) is 0 Å². The third-order valence-corrected chi connectivity index (χ3v) is 4.14. The van der Waals surface area contributed by atoms with Crippen LogP contribution >= 0.6 is 0 Å². The van der Waals surface area contributed by atoms with Crippen molar-refractivity contribution in [3.8, 4) is 0 Å². The summed E-state index contributed by atoms with van der Waals surface area (Å²) in [5.41, 5.74) is 0. The zero-order valence-electron chi connectivity index (χ0n) is 14.8. The predicted octanol–water partition coefficient (Wildman–Crippen LogP) is 6.30. The smallest absolute Gasteiger partial charge is 0.0911 e. The Hall–Kier alpha value is -0.300. The highest BCUT2D eigenvalue weighted by atomic mass is 15.3. The highest BCUT2D eigenvalue weighted by Crippen LogP contribution is 2.12. The first kappa shape index (κ1) is 19.7. The van der Waals surface area contributed by atoms with E-state index in [2.05, 4.69) is 40.2 Å². The summed E-state index contributed by atoms with van der Waals surface area (Å²) in [7, 11) is 4.58. The van der Waals surface area contributed by atoms with Gasteiger partial charge >= 0.3 is 0 Å². The number of rotatable bonds is 14. The van der Waals surface area contributed by atoms with Gasteiger partial charge in [-0.15, -0.1) is 0 Å². The fourth-order valence-electron chi connectivity index (χ4n) is 2.84. The van der Waals surface area contributed by atoms with E-state index in [9.17, 15) is 0 Å². The van der Waals surface area contributed by atoms with Gasteiger partial charge in [-0.05, 0) is 25.8 Å². The monoisotopic (exact) mass is 282 g/mol. The van der Waals surface area contributed by atoms with Gasteiger partial charge in [-0.1, -0.05) is 71.1 Å². The van der Waals surface area contributed by atoms with Crippen LogP contribution in [0.15, 0.2) is 12.3 Å². The van der Waals surface area contributed by atoms with Gasteiger partial charge in [-0.2, -0.15) is 0 Å². The normalized spacial score (nSPS) is 12.4. The van der Waals surface area contributed by atoms with Crippen molar-refractivity contribution in [3.05, 3.63) is 12.3 Å². The number of hydrogen-bond donors (Lipinski definition) is 0. The van der Waals surface area contributed by atoms with Crippen molar-refractivity contribution in [1.82, 2.24) is 0 Å². The Kier molecular flexibility index (Phi) is 13.5. The van der Waals surface area contributed by atoms with Crippen molar-refractivity contribution in [3.63, 3.8) is 0 Å². The molecule has 0 N–H and O–H groups in total. The van der Waals surface area contributed by atoms with Gasteiger partial charge in [0.25, 0.3) is 0 Å². The second kappa shape index (κ2) is 13.7. The summed E-state index contributed by atoms with van der Waals surface area (Å²) in [6.45, 7) is 5.68. The van der Waals surface area contributed by atoms with Crippen LogP contribution in [0.5, 0.6) is 0 Å². The van der Waals surface area contributed by atoms with E-state index >= 15 is 0 Å². The van der Waals surface area contributed by atoms with Crippen molar-refractivity contribution >= 4 is 0 Å². The van der Waals surface area contributed by atoms with E-state index in [0.29, 0.717) is 0 Å². The Morgan fingerprint density at radius 2 is 1.05 bits per heavy atom. The highest BCUT2D eigenvalue weighted by molar-refractivity contribution is 4.66. The molecule has 0 amide bonds. The Morgan fingerprint density at radius 1 is 0.650 bits per heavy atom. The second-order valence-corrected chi connectivity index (χ2v) is 6.87. The maximum atomic E-state index is 2.29. The first-order valence-corrected chi connectivity index (χ1v) is 9.09. The maximum absolute atomic E-state index is 2.29. The molecule has 0 saturated carbocycles. The minimum Gasteiger partial charge on any atom is -0.302 e. The van der Waals surface area contributed by atoms with Crippen LogP contribution in [0.25, 0.3) is 0 Å². The first-order chi connectivity index (χ1) is 9.62. The molecule has 0 aromatic carbocycles. The third kappa shape index (κ3) is 14.1. The van der Waals surface area contributed by atoms with Gasteiger partial charge in [0.2, 0.25) is 0 Å². The molecule has 20 heavy (non-hydrogen) atoms. The molecule has 0 radical (unpaired) electrons. The largest absolute Gasteiger partial charge is 0.302 e. The van der Waals surface area contributed by atoms with E-state index < -0.39 is 0 Å². The Morgan fingerprint density at radius 3 is 1.45 bits per heavy atom. The maximum Gasteiger partial charge on any atom is 0.0911 e. The molecule has 0 rings (SSSR count). The molecule has 0 spiro atoms. The molecule has 0 aromatic heterocycles. The standard InChI is InChI=1S/C19H40N/c1-5-7-8-9-10-11-12-13-14-15-16-17-19-20(3,4)18-6-2/h6,18H,5,7-17,19H2,1-4H3/q+1. The summed E-state index contributed by atoms with van der Waals surface area (Å²) >= 11 is 0. The minimum absolute atomic E-state index is 1.04. The van der Waals surface area contributed by atoms with Crippen LogP contribution in [0.2, 0.25) is 0 Å². The van der Waals surface area contributed by atoms with Crippen LogP contribution in [0.3, 0.4) is 0 Å². The van der Waals surface area contributed by atoms with Crippen molar-refractivity contribution in [2.75, 3.05) is 20.6 Å². The van der Waals surface area contributed by atoms with Gasteiger partial charge in [0.15, 0.2) is 0 Å². The minimum atomic E-state index is 1.04. The molecule has 120 valence electrons. The molecule has 0 unspecified atom stereocenters. The van der Waals surface area contributed by atoms with E-state index in [0.717, 1.165) is 4.48 Å². The van der Waals surface area contributed by atoms with Crippen LogP contribution < -0.4 is 0 Å². The van der Waals surface area contributed by atoms with Crippen molar-refractivity contribution < 1.29 is 4.48 Å². The lowest BCUT2D eigenvalue weighted by molar-refractivity contribution is -0.839. The number of quaternary nitrogens is 1. The summed E-state index contributed by atoms with van der Waals surface area (Å²) in [6.07, 6.45) is 21.7. The van der Waals surface area contributed by atoms with Gasteiger partial charge < -0.3 is 4.48 Å². The summed E-state index contributed by atoms with van der Waals surface area (Å²) in [5, 5.41) is 0. The summed E-state index contributed by atoms with van der Waals surface area (Å²) in [6, 6.07) is 0. The van der Waals surface area contributed by atoms with Gasteiger partial charge in [0, 0.05) is 0 Å². The fourth-order valence-corrected chi connectivity index (χ4v) is 2.84. The summed E-state index contributed by atoms with van der Waals surface area (Å²) in [4.78, 5) is 0. The van der Waals surface area contributed by atoms with Gasteiger partial charge in [-0.3, -0.25) is 0 Å². The summed E-state index contributed by atoms with van der Waals surface area (Å²) in [5.74, 6) is 0. The topological polar surface area (TPSA) is 0 Å². The summed E-state index contributed by atoms with van der Waals surface area (Å²) < 4.78 is 1.04. The lowest BCUT2D eigenvalue weighted by Crippen LogP contribution is -2.33. The van der Waals surface area contributed by atoms with E-state index in [-0.39, 0.29) is 0 Å². The molecule has 0 aromatic rings. The molecule has 0 heterocycles. The van der Waals surface area contributed by atoms with Crippen LogP contribution in [-0.4, -0.2) is 25.1 Å². The van der Waals surface area contributed by atoms with Crippen LogP contribution in [0.1, 0.15) is 90.9 Å². The quantitative estimate of drug-likeness (QED) is 0.259. The van der Waals surface area contributed by atoms with Crippen LogP contribution in [-0.2, 0) is 0 Å². The molecular formula is C19H40N+. The average molecular weight is 283 g/mol. The van der Waals surface area contributed by atoms with Gasteiger partial charge in [0.05, 0.1) is 26.8 Å². The molecular weight excluding hydrogens is 242 g/mol. The number of nitrogens with zero attached hydrogens (tertiary/aromatic N) is 1. The lowest BCUT2D eigenvalue weighted by Gasteiger charge is -2.24. The lowest BCUT2D eigenvalue weighted by atomic mass is 10.1. The van der Waals surface area contributed by atoms with Crippen molar-refractivity contribution in [2.24, 2.45) is 0 Å². The molecule has 0 fully saturated rings. The Balaban J connectivity index is 3.17. The zero-order chi connectivity index (χ0) is 15.1. The zero-order valence-corrected chi connectivity index (χ0v) is 14.8. The molecule has 0 aliphatic carbocycles. The molecule has 1 nitrogen and oxygen atoms in total. The van der Waals surface area contributed by atoms with Crippen LogP contribution in [0, 0.1) is 0 Å². The molecule has 0 aliphatic rings. The van der Waals surface area contributed by atoms with Crippen molar-refractivity contribution in [2.45, 2.75) is 90.9 Å². The molecule has 1 heteroatoms. The van der Waals surface area contributed by atoms with Gasteiger partial charge in [-0.25, -0.2) is 0 Å². The molecule has 0 aliphatic heterocycles. The Bertz CT molecular complexity index is 218. The highest BCUT2D eigenvalue weighted by Gasteiger charge is 2.08.